The lowest BCUT2D eigenvalue weighted by Crippen LogP contribution is -2.61. The first kappa shape index (κ1) is 108. The highest BCUT2D eigenvalue weighted by molar-refractivity contribution is 6.00. The Labute approximate surface area is 729 Å². The van der Waals surface area contributed by atoms with Crippen molar-refractivity contribution in [1.82, 2.24) is 69.1 Å². The van der Waals surface area contributed by atoms with Crippen molar-refractivity contribution in [3.8, 4) is 11.1 Å². The third-order valence-electron chi connectivity index (χ3n) is 21.5. The fourth-order valence-electron chi connectivity index (χ4n) is 14.7. The van der Waals surface area contributed by atoms with Crippen LogP contribution < -0.4 is 97.8 Å². The summed E-state index contributed by atoms with van der Waals surface area (Å²) in [7, 11) is 0. The van der Waals surface area contributed by atoms with Crippen molar-refractivity contribution in [2.45, 2.75) is 317 Å². The predicted octanol–water partition coefficient (Wildman–Crippen LogP) is 4.39. The predicted molar refractivity (Wildman–Crippen MR) is 475 cm³/mol. The molecule has 13 amide bonds. The van der Waals surface area contributed by atoms with E-state index in [9.17, 15) is 72.2 Å². The van der Waals surface area contributed by atoms with Gasteiger partial charge < -0.3 is 108 Å². The van der Waals surface area contributed by atoms with Crippen molar-refractivity contribution < 1.29 is 77.0 Å². The van der Waals surface area contributed by atoms with E-state index >= 15 is 0 Å². The number of rotatable bonds is 62. The topological polar surface area (TPSA) is 555 Å². The highest BCUT2D eigenvalue weighted by Gasteiger charge is 2.39. The summed E-state index contributed by atoms with van der Waals surface area (Å²) in [6, 6.07) is 0.643. The Morgan fingerprint density at radius 3 is 0.789 bits per heavy atom. The van der Waals surface area contributed by atoms with Gasteiger partial charge in [0, 0.05) is 5.92 Å². The van der Waals surface area contributed by atoms with Crippen molar-refractivity contribution in [3.63, 3.8) is 0 Å². The minimum atomic E-state index is -1.31. The second kappa shape index (κ2) is 57.9. The monoisotopic (exact) mass is 1730 g/mol. The Kier molecular flexibility index (Phi) is 50.8. The van der Waals surface area contributed by atoms with Crippen LogP contribution in [0.3, 0.4) is 0 Å². The molecule has 0 heterocycles. The van der Waals surface area contributed by atoms with Crippen molar-refractivity contribution in [2.75, 3.05) is 45.9 Å². The van der Waals surface area contributed by atoms with E-state index in [1.165, 1.54) is 0 Å². The van der Waals surface area contributed by atoms with Gasteiger partial charge >= 0.3 is 12.1 Å². The van der Waals surface area contributed by atoms with Gasteiger partial charge in [0.1, 0.15) is 85.7 Å². The summed E-state index contributed by atoms with van der Waals surface area (Å²) >= 11 is 0. The molecule has 34 heteroatoms. The Bertz CT molecular complexity index is 3610. The molecule has 13 atom stereocenters. The summed E-state index contributed by atoms with van der Waals surface area (Å²) in [5, 5.41) is 46.0. The molecule has 0 saturated heterocycles. The Morgan fingerprint density at radius 2 is 0.553 bits per heavy atom. The molecule has 34 nitrogen and oxygen atoms in total. The van der Waals surface area contributed by atoms with E-state index < -0.39 is 168 Å². The molecule has 0 spiro atoms. The highest BCUT2D eigenvalue weighted by atomic mass is 16.5. The molecular formula is C89H152N18O16. The van der Waals surface area contributed by atoms with Gasteiger partial charge in [-0.3, -0.25) is 57.5 Å². The number of benzene rings is 2. The maximum Gasteiger partial charge on any atom is 0.407 e. The number of fused-ring (bicyclic) bond motifs is 3. The van der Waals surface area contributed by atoms with Gasteiger partial charge in [0.05, 0.1) is 0 Å². The van der Waals surface area contributed by atoms with Crippen LogP contribution in [-0.2, 0) is 67.1 Å². The first-order valence-corrected chi connectivity index (χ1v) is 44.8. The Balaban J connectivity index is 1.90. The number of nitrogens with two attached hydrogens (primary N) is 5. The molecule has 0 fully saturated rings. The molecular weight excluding hydrogens is 1580 g/mol. The van der Waals surface area contributed by atoms with Crippen LogP contribution >= 0.6 is 0 Å². The number of carbonyl (C=O) groups excluding carboxylic acids is 13. The quantitative estimate of drug-likeness (QED) is 0.0408. The number of carboxylic acid groups (broad SMARTS) is 1. The number of unbranched alkanes of at least 4 members (excludes halogenated alkanes) is 5. The van der Waals surface area contributed by atoms with E-state index in [0.717, 1.165) is 22.3 Å². The summed E-state index contributed by atoms with van der Waals surface area (Å²) < 4.78 is 5.63. The van der Waals surface area contributed by atoms with Gasteiger partial charge in [0.15, 0.2) is 0 Å². The van der Waals surface area contributed by atoms with E-state index in [4.69, 9.17) is 33.4 Å². The number of hydrogen-bond acceptors (Lipinski definition) is 20. The molecule has 0 aromatic heterocycles. The molecule has 1 aliphatic carbocycles. The third-order valence-corrected chi connectivity index (χ3v) is 21.5. The summed E-state index contributed by atoms with van der Waals surface area (Å²) in [5.74, 6) is -11.9. The minimum Gasteiger partial charge on any atom is -0.480 e. The third kappa shape index (κ3) is 40.0. The number of aliphatic carboxylic acids is 1. The molecule has 0 aliphatic heterocycles. The summed E-state index contributed by atoms with van der Waals surface area (Å²) in [6.07, 6.45) is 4.53. The molecule has 0 radical (unpaired) electrons. The first-order chi connectivity index (χ1) is 58.3. The van der Waals surface area contributed by atoms with Crippen molar-refractivity contribution >= 4 is 82.9 Å². The van der Waals surface area contributed by atoms with Gasteiger partial charge in [-0.05, 0) is 231 Å². The number of carboxylic acids is 1. The number of alkyl carbamates (subject to hydrolysis) is 1. The van der Waals surface area contributed by atoms with E-state index in [2.05, 4.69) is 69.1 Å². The maximum atomic E-state index is 14.9. The molecule has 123 heavy (non-hydrogen) atoms. The van der Waals surface area contributed by atoms with Gasteiger partial charge in [-0.25, -0.2) is 9.59 Å². The van der Waals surface area contributed by atoms with Crippen LogP contribution in [-0.4, -0.2) is 206 Å². The molecule has 0 bridgehead atoms. The van der Waals surface area contributed by atoms with Crippen molar-refractivity contribution in [2.24, 2.45) is 70.1 Å². The van der Waals surface area contributed by atoms with Crippen LogP contribution in [0.5, 0.6) is 0 Å². The van der Waals surface area contributed by atoms with E-state index in [1.807, 2.05) is 132 Å². The molecule has 1 aliphatic rings. The maximum absolute atomic E-state index is 14.9. The lowest BCUT2D eigenvalue weighted by molar-refractivity contribution is -0.144. The van der Waals surface area contributed by atoms with Gasteiger partial charge in [0.2, 0.25) is 70.9 Å². The minimum absolute atomic E-state index is 0.0136. The molecule has 2 aromatic rings. The number of ether oxygens (including phenoxy) is 1. The summed E-state index contributed by atoms with van der Waals surface area (Å²) in [5.41, 5.74) is 33.6. The zero-order chi connectivity index (χ0) is 92.0. The standard InChI is InChI=1S/C89H152N18O16/c1-15-58(14)76(88(120)121)107-81(113)68(38-24-29-43-94)101-85(117)72(47-55(8)9)106-87(119)74(49-57(12)13)103-80(112)67(37-23-28-42-93)98-78(110)65(35-21-26-40-91)100-84(116)71(46-54(6)7)105-86(118)73(48-56(10)11)102-79(111)66(36-22-27-41-92)97-77(109)64(34-20-25-39-90)99-83(115)70(45-53(4)5)104-82(114)69(44-52(2)3)96-75(108)50-95-89(122)123-51-63-61-32-18-16-30-59(61)60-31-17-19-33-62(60)63/h16-19,30-33,52-58,63-74,76H,15,20-29,34-51,90-94H2,1-14H3,(H,95,122)(H,96,108)(H,97,109)(H,98,110)(H,99,115)(H,100,116)(H,101,117)(H,102,111)(H,103,112)(H,104,114)(H,105,118)(H,106,119)(H,107,113)(H,120,121)/t58-,64-,65-,66-,67-,68-,69-,70-,71-,72-,73-,74-,76-/m0/s1. The van der Waals surface area contributed by atoms with E-state index in [-0.39, 0.29) is 145 Å². The van der Waals surface area contributed by atoms with Gasteiger partial charge in [-0.2, -0.15) is 0 Å². The average molecular weight is 1730 g/mol. The van der Waals surface area contributed by atoms with E-state index in [1.54, 1.807) is 13.8 Å². The normalized spacial score (nSPS) is 15.1. The van der Waals surface area contributed by atoms with Crippen LogP contribution in [0.25, 0.3) is 11.1 Å². The molecule has 694 valence electrons. The molecule has 24 N–H and O–H groups in total. The zero-order valence-corrected chi connectivity index (χ0v) is 75.6. The number of nitrogens with one attached hydrogen (secondary N) is 13. The summed E-state index contributed by atoms with van der Waals surface area (Å²) in [4.78, 5) is 199. The molecule has 0 saturated carbocycles. The largest absolute Gasteiger partial charge is 0.480 e. The summed E-state index contributed by atoms with van der Waals surface area (Å²) in [6.45, 7) is 26.3. The Hall–Kier alpha value is -9.38. The van der Waals surface area contributed by atoms with Crippen LogP contribution in [0.4, 0.5) is 4.79 Å². The number of hydrogen-bond donors (Lipinski definition) is 19. The fraction of sp³-hybridized carbons (Fsp3) is 0.708. The van der Waals surface area contributed by atoms with Crippen LogP contribution in [0, 0.1) is 41.4 Å². The molecule has 3 rings (SSSR count). The second-order valence-corrected chi connectivity index (χ2v) is 35.3. The SMILES string of the molecule is CC[C@H](C)[C@H](NC(=O)[C@H](CCCCN)NC(=O)[C@H](CC(C)C)NC(=O)[C@H](CC(C)C)NC(=O)[C@H](CCCCN)NC(=O)[C@H](CCCCN)NC(=O)[C@H](CC(C)C)NC(=O)[C@H](CC(C)C)NC(=O)[C@H](CCCCN)NC(=O)[C@H](CCCCN)NC(=O)[C@H](CC(C)C)NC(=O)[C@H](CC(C)C)NC(=O)CNC(=O)OCC1c2ccccc2-c2ccccc21)C(=O)O. The average Bonchev–Trinajstić information content (AvgIpc) is 1.61. The lowest BCUT2D eigenvalue weighted by atomic mass is 9.97. The fourth-order valence-corrected chi connectivity index (χ4v) is 14.7. The van der Waals surface area contributed by atoms with Crippen LogP contribution in [0.15, 0.2) is 48.5 Å². The Morgan fingerprint density at radius 1 is 0.325 bits per heavy atom. The zero-order valence-electron chi connectivity index (χ0n) is 75.6. The van der Waals surface area contributed by atoms with E-state index in [0.29, 0.717) is 77.2 Å². The van der Waals surface area contributed by atoms with Crippen LogP contribution in [0.1, 0.15) is 255 Å². The van der Waals surface area contributed by atoms with Gasteiger partial charge in [-0.1, -0.05) is 152 Å². The molecule has 0 unspecified atom stereocenters. The van der Waals surface area contributed by atoms with Gasteiger partial charge in [-0.15, -0.1) is 0 Å². The first-order valence-electron chi connectivity index (χ1n) is 44.8. The lowest BCUT2D eigenvalue weighted by Gasteiger charge is -2.30. The highest BCUT2D eigenvalue weighted by Crippen LogP contribution is 2.44. The van der Waals surface area contributed by atoms with Crippen molar-refractivity contribution in [3.05, 3.63) is 59.7 Å². The smallest absolute Gasteiger partial charge is 0.407 e. The second-order valence-electron chi connectivity index (χ2n) is 35.3. The number of amides is 13. The number of carbonyl (C=O) groups is 14. The molecule has 2 aromatic carbocycles. The van der Waals surface area contributed by atoms with Crippen LogP contribution in [0.2, 0.25) is 0 Å². The van der Waals surface area contributed by atoms with Crippen molar-refractivity contribution in [1.29, 1.82) is 0 Å². The van der Waals surface area contributed by atoms with Gasteiger partial charge in [0.25, 0.3) is 0 Å².